The van der Waals surface area contributed by atoms with Gasteiger partial charge in [-0.15, -0.1) is 0 Å². The molecule has 0 unspecified atom stereocenters. The Bertz CT molecular complexity index is 1780. The topological polar surface area (TPSA) is 126 Å². The number of carbonyl (C=O) groups excluding carboxylic acids is 3. The number of amides is 1. The summed E-state index contributed by atoms with van der Waals surface area (Å²) in [6.45, 7) is 11.1. The number of piperazine rings is 2. The van der Waals surface area contributed by atoms with Crippen molar-refractivity contribution < 1.29 is 37.4 Å². The van der Waals surface area contributed by atoms with Crippen LogP contribution in [0.15, 0.2) is 24.3 Å². The molecule has 0 aliphatic carbocycles. The van der Waals surface area contributed by atoms with Crippen molar-refractivity contribution in [3.8, 4) is 0 Å². The van der Waals surface area contributed by atoms with E-state index in [1.807, 2.05) is 25.7 Å². The minimum Gasteiger partial charge on any atom is -0.465 e. The summed E-state index contributed by atoms with van der Waals surface area (Å²) >= 11 is 2.71. The Labute approximate surface area is 307 Å². The fourth-order valence-electron chi connectivity index (χ4n) is 4.96. The normalized spacial score (nSPS) is 14.1. The van der Waals surface area contributed by atoms with Crippen molar-refractivity contribution in [3.05, 3.63) is 47.0 Å². The van der Waals surface area contributed by atoms with E-state index >= 15 is 0 Å². The van der Waals surface area contributed by atoms with Gasteiger partial charge in [0.25, 0.3) is 0 Å². The molecular weight excluding hydrogens is 703 g/mol. The highest BCUT2D eigenvalue weighted by atomic mass is 32.1. The van der Waals surface area contributed by atoms with Crippen molar-refractivity contribution in [3.63, 3.8) is 0 Å². The zero-order valence-corrected chi connectivity index (χ0v) is 28.4. The fraction of sp³-hybridized carbons (Fsp3) is 0.514. The number of hydrogen-bond acceptors (Lipinski definition) is 13. The maximum absolute atomic E-state index is 14.3. The third-order valence-electron chi connectivity index (χ3n) is 7.31. The molecule has 2 fully saturated rings. The van der Waals surface area contributed by atoms with Crippen LogP contribution in [0.2, 0.25) is 0 Å². The molecule has 2 aliphatic rings. The van der Waals surface area contributed by atoms with Crippen LogP contribution in [0.4, 0.5) is 23.8 Å². The Kier molecular flexibility index (Phi) is 16.6. The second kappa shape index (κ2) is 18.9. The molecule has 51 heavy (non-hydrogen) atoms. The van der Waals surface area contributed by atoms with Crippen LogP contribution >= 0.6 is 22.7 Å². The van der Waals surface area contributed by atoms with Gasteiger partial charge in [-0.05, 0) is 45.0 Å². The Morgan fingerprint density at radius 3 is 1.51 bits per heavy atom. The predicted molar refractivity (Wildman–Crippen MR) is 204 cm³/mol. The molecule has 284 valence electrons. The van der Waals surface area contributed by atoms with Crippen LogP contribution in [0.5, 0.6) is 0 Å². The van der Waals surface area contributed by atoms with Crippen LogP contribution in [0.3, 0.4) is 0 Å². The molecule has 2 aliphatic heterocycles. The van der Waals surface area contributed by atoms with Crippen LogP contribution in [0, 0.1) is 11.6 Å². The van der Waals surface area contributed by atoms with E-state index in [0.717, 1.165) is 37.4 Å². The van der Waals surface area contributed by atoms with Crippen molar-refractivity contribution >= 4 is 71.4 Å². The number of hydrogen-bond donors (Lipinski definition) is 1. The Hall–Kier alpha value is -4.15. The van der Waals surface area contributed by atoms with Gasteiger partial charge in [0.15, 0.2) is 21.9 Å². The fourth-order valence-corrected chi connectivity index (χ4v) is 7.10. The molecule has 2 aromatic carbocycles. The van der Waals surface area contributed by atoms with Crippen LogP contribution < -0.4 is 15.1 Å². The van der Waals surface area contributed by atoms with Gasteiger partial charge in [-0.25, -0.2) is 33.1 Å². The minimum atomic E-state index is -0.586. The van der Waals surface area contributed by atoms with Gasteiger partial charge in [0.2, 0.25) is 0 Å². The number of nitrogens with one attached hydrogen (secondary N) is 1. The number of aromatic nitrogens is 2. The van der Waals surface area contributed by atoms with Gasteiger partial charge in [0.05, 0.1) is 34.7 Å². The van der Waals surface area contributed by atoms with Crippen LogP contribution in [-0.4, -0.2) is 105 Å². The molecule has 1 N–H and O–H groups in total. The second-order valence-electron chi connectivity index (χ2n) is 11.8. The molecule has 6 rings (SSSR count). The lowest BCUT2D eigenvalue weighted by molar-refractivity contribution is 0.0240. The van der Waals surface area contributed by atoms with Crippen LogP contribution in [-0.2, 0) is 14.2 Å². The van der Waals surface area contributed by atoms with Gasteiger partial charge >= 0.3 is 18.0 Å². The smallest absolute Gasteiger partial charge is 0.410 e. The first-order valence-electron chi connectivity index (χ1n) is 14.9. The first-order chi connectivity index (χ1) is 22.4. The van der Waals surface area contributed by atoms with Crippen molar-refractivity contribution in [1.82, 2.24) is 20.2 Å². The van der Waals surface area contributed by atoms with E-state index in [1.54, 1.807) is 17.0 Å². The van der Waals surface area contributed by atoms with E-state index in [4.69, 9.17) is 4.74 Å². The van der Waals surface area contributed by atoms with E-state index in [9.17, 15) is 23.2 Å². The highest BCUT2D eigenvalue weighted by molar-refractivity contribution is 7.22. The number of esters is 2. The zero-order chi connectivity index (χ0) is 33.9. The van der Waals surface area contributed by atoms with Gasteiger partial charge in [0, 0.05) is 52.4 Å². The summed E-state index contributed by atoms with van der Waals surface area (Å²) in [4.78, 5) is 49.8. The van der Waals surface area contributed by atoms with Gasteiger partial charge in [-0.3, -0.25) is 0 Å². The molecule has 0 atom stereocenters. The number of benzene rings is 2. The molecule has 0 saturated carbocycles. The maximum atomic E-state index is 14.3. The van der Waals surface area contributed by atoms with Gasteiger partial charge < -0.3 is 34.2 Å². The van der Waals surface area contributed by atoms with Gasteiger partial charge in [-0.1, -0.05) is 52.4 Å². The standard InChI is InChI=1S/C18H22FN3O4S.C13H14FN3O2S.4CH4/c1-18(2,3)26-17(24)22-7-5-21(6-8-22)16-20-14-12(19)9-11(15(23)25-4)10-13(14)27-16;1-19-12(18)8-6-9(14)11-10(7-8)20-13(16-11)17-4-2-15-3-5-17;;;;/h9-10H,5-8H2,1-4H3;6-7,15H,2-5H2,1H3;4*1H4. The lowest BCUT2D eigenvalue weighted by atomic mass is 10.2. The highest BCUT2D eigenvalue weighted by Crippen LogP contribution is 2.33. The third kappa shape index (κ3) is 10.7. The Morgan fingerprint density at radius 2 is 1.12 bits per heavy atom. The number of nitrogens with zero attached hydrogens (tertiary/aromatic N) is 5. The lowest BCUT2D eigenvalue weighted by Crippen LogP contribution is -2.50. The van der Waals surface area contributed by atoms with Crippen molar-refractivity contribution in [2.75, 3.05) is 76.4 Å². The Balaban J connectivity index is 0.000000489. The van der Waals surface area contributed by atoms with Crippen LogP contribution in [0.25, 0.3) is 20.4 Å². The number of carbonyl (C=O) groups is 3. The molecule has 4 aromatic rings. The SMILES string of the molecule is C.C.C.C.COC(=O)c1cc(F)c2nc(N3CCN(C(=O)OC(C)(C)C)CC3)sc2c1.COC(=O)c1cc(F)c2nc(N3CCNCC3)sc2c1. The van der Waals surface area contributed by atoms with E-state index in [2.05, 4.69) is 29.7 Å². The second-order valence-corrected chi connectivity index (χ2v) is 13.8. The zero-order valence-electron chi connectivity index (χ0n) is 26.7. The van der Waals surface area contributed by atoms with E-state index in [-0.39, 0.29) is 52.4 Å². The van der Waals surface area contributed by atoms with Crippen molar-refractivity contribution in [1.29, 1.82) is 0 Å². The first kappa shape index (κ1) is 44.9. The van der Waals surface area contributed by atoms with E-state index in [0.29, 0.717) is 46.2 Å². The van der Waals surface area contributed by atoms with Gasteiger partial charge in [0.1, 0.15) is 16.6 Å². The molecule has 2 saturated heterocycles. The molecule has 4 heterocycles. The predicted octanol–water partition coefficient (Wildman–Crippen LogP) is 7.46. The number of ether oxygens (including phenoxy) is 3. The summed E-state index contributed by atoms with van der Waals surface area (Å²) in [5.41, 5.74) is 0.393. The largest absolute Gasteiger partial charge is 0.465 e. The molecular formula is C35H52F2N6O6S2. The quantitative estimate of drug-likeness (QED) is 0.165. The van der Waals surface area contributed by atoms with E-state index in [1.165, 1.54) is 43.0 Å². The Morgan fingerprint density at radius 1 is 0.706 bits per heavy atom. The molecule has 0 radical (unpaired) electrons. The number of rotatable bonds is 4. The first-order valence-corrected chi connectivity index (χ1v) is 16.6. The molecule has 12 nitrogen and oxygen atoms in total. The molecule has 0 spiro atoms. The summed E-state index contributed by atoms with van der Waals surface area (Å²) in [5.74, 6) is -2.16. The maximum Gasteiger partial charge on any atom is 0.410 e. The number of fused-ring (bicyclic) bond motifs is 2. The summed E-state index contributed by atoms with van der Waals surface area (Å²) in [7, 11) is 2.54. The van der Waals surface area contributed by atoms with Gasteiger partial charge in [-0.2, -0.15) is 0 Å². The van der Waals surface area contributed by atoms with Crippen molar-refractivity contribution in [2.45, 2.75) is 56.1 Å². The molecule has 1 amide bonds. The summed E-state index contributed by atoms with van der Waals surface area (Å²) in [6, 6.07) is 5.53. The molecule has 16 heteroatoms. The van der Waals surface area contributed by atoms with Crippen LogP contribution in [0.1, 0.15) is 71.2 Å². The third-order valence-corrected chi connectivity index (χ3v) is 9.43. The minimum absolute atomic E-state index is 0. The highest BCUT2D eigenvalue weighted by Gasteiger charge is 2.27. The monoisotopic (exact) mass is 754 g/mol. The van der Waals surface area contributed by atoms with E-state index < -0.39 is 29.2 Å². The summed E-state index contributed by atoms with van der Waals surface area (Å²) < 4.78 is 44.2. The summed E-state index contributed by atoms with van der Waals surface area (Å²) in [5, 5.41) is 4.72. The number of thiazole rings is 2. The average Bonchev–Trinajstić information content (AvgIpc) is 3.70. The average molecular weight is 755 g/mol. The number of halogens is 2. The van der Waals surface area contributed by atoms with Crippen molar-refractivity contribution in [2.24, 2.45) is 0 Å². The number of methoxy groups -OCH3 is 2. The lowest BCUT2D eigenvalue weighted by Gasteiger charge is -2.35. The number of anilines is 2. The summed E-state index contributed by atoms with van der Waals surface area (Å²) in [6.07, 6.45) is -0.333. The molecule has 0 bridgehead atoms. The molecule has 2 aromatic heterocycles.